The zero-order chi connectivity index (χ0) is 16.5. The van der Waals surface area contributed by atoms with E-state index in [-0.39, 0.29) is 11.9 Å². The maximum Gasteiger partial charge on any atom is 0.249 e. The van der Waals surface area contributed by atoms with Crippen molar-refractivity contribution in [2.75, 3.05) is 6.61 Å². The van der Waals surface area contributed by atoms with E-state index < -0.39 is 6.10 Å². The standard InChI is InChI=1S/C18H26ClNO2/c1-5-6-17(18(21)20-13(2)3)22-12-14(4)11-15-7-9-16(19)10-8-15/h5,7-10,13-14,17H,1,6,11-12H2,2-4H3,(H,20,21). The van der Waals surface area contributed by atoms with Gasteiger partial charge in [-0.15, -0.1) is 6.58 Å². The molecule has 0 fully saturated rings. The van der Waals surface area contributed by atoms with Gasteiger partial charge in [-0.05, 0) is 43.9 Å². The van der Waals surface area contributed by atoms with Crippen molar-refractivity contribution in [2.24, 2.45) is 5.92 Å². The van der Waals surface area contributed by atoms with Gasteiger partial charge in [0.1, 0.15) is 6.10 Å². The van der Waals surface area contributed by atoms with Crippen LogP contribution in [0.5, 0.6) is 0 Å². The minimum atomic E-state index is -0.465. The number of rotatable bonds is 9. The third-order valence-corrected chi connectivity index (χ3v) is 3.44. The molecule has 0 bridgehead atoms. The molecule has 1 rings (SSSR count). The Morgan fingerprint density at radius 1 is 1.32 bits per heavy atom. The summed E-state index contributed by atoms with van der Waals surface area (Å²) in [4.78, 5) is 12.1. The van der Waals surface area contributed by atoms with E-state index >= 15 is 0 Å². The lowest BCUT2D eigenvalue weighted by molar-refractivity contribution is -0.133. The second-order valence-corrected chi connectivity index (χ2v) is 6.38. The highest BCUT2D eigenvalue weighted by molar-refractivity contribution is 6.30. The molecule has 0 aliphatic rings. The molecule has 22 heavy (non-hydrogen) atoms. The van der Waals surface area contributed by atoms with Crippen LogP contribution in [0.4, 0.5) is 0 Å². The van der Waals surface area contributed by atoms with Gasteiger partial charge in [0.15, 0.2) is 0 Å². The third-order valence-electron chi connectivity index (χ3n) is 3.18. The number of nitrogens with one attached hydrogen (secondary N) is 1. The summed E-state index contributed by atoms with van der Waals surface area (Å²) in [6, 6.07) is 7.93. The van der Waals surface area contributed by atoms with Gasteiger partial charge in [0.2, 0.25) is 5.91 Å². The van der Waals surface area contributed by atoms with Crippen molar-refractivity contribution in [1.82, 2.24) is 5.32 Å². The minimum absolute atomic E-state index is 0.0754. The van der Waals surface area contributed by atoms with Crippen LogP contribution in [0, 0.1) is 5.92 Å². The van der Waals surface area contributed by atoms with Gasteiger partial charge in [0.05, 0.1) is 6.61 Å². The Kier molecular flexibility index (Phi) is 8.21. The van der Waals surface area contributed by atoms with Crippen LogP contribution in [0.15, 0.2) is 36.9 Å². The van der Waals surface area contributed by atoms with Crippen LogP contribution < -0.4 is 5.32 Å². The van der Waals surface area contributed by atoms with Crippen molar-refractivity contribution in [3.05, 3.63) is 47.5 Å². The summed E-state index contributed by atoms with van der Waals surface area (Å²) >= 11 is 5.88. The highest BCUT2D eigenvalue weighted by Crippen LogP contribution is 2.14. The van der Waals surface area contributed by atoms with Gasteiger partial charge >= 0.3 is 0 Å². The van der Waals surface area contributed by atoms with Crippen LogP contribution in [0.1, 0.15) is 32.8 Å². The lowest BCUT2D eigenvalue weighted by Crippen LogP contribution is -2.40. The second kappa shape index (κ2) is 9.65. The molecule has 1 aromatic carbocycles. The zero-order valence-electron chi connectivity index (χ0n) is 13.6. The number of hydrogen-bond donors (Lipinski definition) is 1. The molecule has 0 saturated heterocycles. The van der Waals surface area contributed by atoms with Crippen LogP contribution in [-0.4, -0.2) is 24.7 Å². The molecule has 0 aliphatic carbocycles. The Hall–Kier alpha value is -1.32. The topological polar surface area (TPSA) is 38.3 Å². The molecular formula is C18H26ClNO2. The van der Waals surface area contributed by atoms with Crippen LogP contribution in [0.25, 0.3) is 0 Å². The van der Waals surface area contributed by atoms with Crippen molar-refractivity contribution in [3.63, 3.8) is 0 Å². The first-order valence-corrected chi connectivity index (χ1v) is 8.07. The molecule has 3 nitrogen and oxygen atoms in total. The van der Waals surface area contributed by atoms with Crippen molar-refractivity contribution < 1.29 is 9.53 Å². The molecule has 2 unspecified atom stereocenters. The molecule has 0 aromatic heterocycles. The van der Waals surface area contributed by atoms with Gasteiger partial charge in [-0.2, -0.15) is 0 Å². The predicted molar refractivity (Wildman–Crippen MR) is 92.2 cm³/mol. The van der Waals surface area contributed by atoms with Gasteiger partial charge in [0, 0.05) is 17.5 Å². The average molecular weight is 324 g/mol. The normalized spacial score (nSPS) is 13.7. The quantitative estimate of drug-likeness (QED) is 0.697. The largest absolute Gasteiger partial charge is 0.368 e. The lowest BCUT2D eigenvalue weighted by Gasteiger charge is -2.20. The molecule has 4 heteroatoms. The van der Waals surface area contributed by atoms with E-state index in [1.807, 2.05) is 38.1 Å². The molecule has 0 radical (unpaired) electrons. The summed E-state index contributed by atoms with van der Waals surface area (Å²) in [7, 11) is 0. The number of hydrogen-bond acceptors (Lipinski definition) is 2. The van der Waals surface area contributed by atoms with Gasteiger partial charge in [0.25, 0.3) is 0 Å². The first-order chi connectivity index (χ1) is 10.4. The fourth-order valence-electron chi connectivity index (χ4n) is 2.14. The van der Waals surface area contributed by atoms with Gasteiger partial charge in [-0.3, -0.25) is 4.79 Å². The molecule has 0 heterocycles. The van der Waals surface area contributed by atoms with Gasteiger partial charge in [-0.1, -0.05) is 36.7 Å². The molecule has 122 valence electrons. The van der Waals surface area contributed by atoms with Crippen LogP contribution in [0.2, 0.25) is 5.02 Å². The van der Waals surface area contributed by atoms with Crippen molar-refractivity contribution in [3.8, 4) is 0 Å². The Morgan fingerprint density at radius 2 is 1.95 bits per heavy atom. The predicted octanol–water partition coefficient (Wildman–Crippen LogP) is 4.00. The number of ether oxygens (including phenoxy) is 1. The maximum atomic E-state index is 12.1. The summed E-state index contributed by atoms with van der Waals surface area (Å²) in [5.41, 5.74) is 1.22. The van der Waals surface area contributed by atoms with Crippen molar-refractivity contribution in [2.45, 2.75) is 45.8 Å². The van der Waals surface area contributed by atoms with Crippen LogP contribution >= 0.6 is 11.6 Å². The second-order valence-electron chi connectivity index (χ2n) is 5.95. The van der Waals surface area contributed by atoms with E-state index in [0.29, 0.717) is 18.9 Å². The summed E-state index contributed by atoms with van der Waals surface area (Å²) in [5, 5.41) is 3.62. The highest BCUT2D eigenvalue weighted by Gasteiger charge is 2.19. The summed E-state index contributed by atoms with van der Waals surface area (Å²) in [6.07, 6.45) is 2.66. The fourth-order valence-corrected chi connectivity index (χ4v) is 2.27. The SMILES string of the molecule is C=CCC(OCC(C)Cc1ccc(Cl)cc1)C(=O)NC(C)C. The maximum absolute atomic E-state index is 12.1. The Bertz CT molecular complexity index is 470. The van der Waals surface area contributed by atoms with E-state index in [1.54, 1.807) is 6.08 Å². The summed E-state index contributed by atoms with van der Waals surface area (Å²) < 4.78 is 5.79. The number of carbonyl (C=O) groups is 1. The van der Waals surface area contributed by atoms with Crippen LogP contribution in [0.3, 0.4) is 0 Å². The minimum Gasteiger partial charge on any atom is -0.368 e. The fraction of sp³-hybridized carbons (Fsp3) is 0.500. The first-order valence-electron chi connectivity index (χ1n) is 7.69. The number of benzene rings is 1. The number of carbonyl (C=O) groups excluding carboxylic acids is 1. The van der Waals surface area contributed by atoms with Crippen molar-refractivity contribution >= 4 is 17.5 Å². The molecule has 1 N–H and O–H groups in total. The number of halogens is 1. The van der Waals surface area contributed by atoms with E-state index in [0.717, 1.165) is 11.4 Å². The molecule has 1 amide bonds. The Morgan fingerprint density at radius 3 is 2.50 bits per heavy atom. The lowest BCUT2D eigenvalue weighted by atomic mass is 10.0. The van der Waals surface area contributed by atoms with E-state index in [9.17, 15) is 4.79 Å². The van der Waals surface area contributed by atoms with Crippen molar-refractivity contribution in [1.29, 1.82) is 0 Å². The van der Waals surface area contributed by atoms with Crippen LogP contribution in [-0.2, 0) is 16.0 Å². The smallest absolute Gasteiger partial charge is 0.249 e. The van der Waals surface area contributed by atoms with Gasteiger partial charge < -0.3 is 10.1 Å². The average Bonchev–Trinajstić information content (AvgIpc) is 2.45. The Balaban J connectivity index is 2.47. The number of amides is 1. The molecule has 2 atom stereocenters. The molecule has 0 spiro atoms. The molecule has 0 aliphatic heterocycles. The third kappa shape index (κ3) is 7.10. The van der Waals surface area contributed by atoms with E-state index in [2.05, 4.69) is 18.8 Å². The van der Waals surface area contributed by atoms with Gasteiger partial charge in [-0.25, -0.2) is 0 Å². The highest BCUT2D eigenvalue weighted by atomic mass is 35.5. The molecule has 1 aromatic rings. The summed E-state index contributed by atoms with van der Waals surface area (Å²) in [6.45, 7) is 10.2. The van der Waals surface area contributed by atoms with E-state index in [4.69, 9.17) is 16.3 Å². The monoisotopic (exact) mass is 323 g/mol. The Labute approximate surface area is 138 Å². The van der Waals surface area contributed by atoms with E-state index in [1.165, 1.54) is 5.56 Å². The first kappa shape index (κ1) is 18.7. The zero-order valence-corrected chi connectivity index (χ0v) is 14.4. The molecular weight excluding hydrogens is 298 g/mol. The molecule has 0 saturated carbocycles. The summed E-state index contributed by atoms with van der Waals surface area (Å²) in [5.74, 6) is 0.244.